The summed E-state index contributed by atoms with van der Waals surface area (Å²) in [6.07, 6.45) is 2.54. The van der Waals surface area contributed by atoms with Crippen molar-refractivity contribution in [3.8, 4) is 0 Å². The lowest BCUT2D eigenvalue weighted by atomic mass is 9.90. The molecule has 0 amide bonds. The van der Waals surface area contributed by atoms with Crippen LogP contribution >= 0.6 is 0 Å². The van der Waals surface area contributed by atoms with Crippen LogP contribution in [-0.2, 0) is 13.1 Å². The zero-order valence-electron chi connectivity index (χ0n) is 12.9. The van der Waals surface area contributed by atoms with Crippen LogP contribution in [0.4, 0.5) is 0 Å². The molecule has 108 valence electrons. The maximum absolute atomic E-state index is 3.46. The van der Waals surface area contributed by atoms with Crippen molar-refractivity contribution in [3.63, 3.8) is 0 Å². The molecule has 1 saturated heterocycles. The minimum atomic E-state index is 0.733. The van der Waals surface area contributed by atoms with Crippen LogP contribution in [0.2, 0.25) is 0 Å². The summed E-state index contributed by atoms with van der Waals surface area (Å²) in [6.45, 7) is 11.1. The molecule has 20 heavy (non-hydrogen) atoms. The lowest BCUT2D eigenvalue weighted by Crippen LogP contribution is -2.35. The Morgan fingerprint density at radius 3 is 2.65 bits per heavy atom. The molecular weight excluding hydrogens is 246 g/mol. The molecule has 0 unspecified atom stereocenters. The number of imidazole rings is 1. The number of hydrogen-bond acceptors (Lipinski definition) is 1. The van der Waals surface area contributed by atoms with E-state index >= 15 is 0 Å². The summed E-state index contributed by atoms with van der Waals surface area (Å²) in [6, 6.07) is 7.12. The number of piperidine rings is 1. The fraction of sp³-hybridized carbons (Fsp3) is 0.588. The molecule has 1 aromatic carbocycles. The fourth-order valence-corrected chi connectivity index (χ4v) is 3.69. The van der Waals surface area contributed by atoms with Crippen LogP contribution in [0.3, 0.4) is 0 Å². The molecule has 0 spiro atoms. The zero-order valence-corrected chi connectivity index (χ0v) is 12.9. The van der Waals surface area contributed by atoms with Gasteiger partial charge in [-0.25, -0.2) is 9.13 Å². The van der Waals surface area contributed by atoms with Crippen LogP contribution in [-0.4, -0.2) is 17.7 Å². The normalized spacial score (nSPS) is 16.9. The molecule has 1 aliphatic heterocycles. The number of nitrogens with zero attached hydrogens (tertiary/aromatic N) is 2. The smallest absolute Gasteiger partial charge is 0.254 e. The summed E-state index contributed by atoms with van der Waals surface area (Å²) in [5, 5.41) is 3.46. The van der Waals surface area contributed by atoms with Gasteiger partial charge in [-0.1, -0.05) is 6.07 Å². The highest BCUT2D eigenvalue weighted by atomic mass is 15.2. The van der Waals surface area contributed by atoms with Crippen molar-refractivity contribution in [1.82, 2.24) is 9.88 Å². The summed E-state index contributed by atoms with van der Waals surface area (Å²) in [5.41, 5.74) is 4.31. The van der Waals surface area contributed by atoms with Gasteiger partial charge in [-0.05, 0) is 63.4 Å². The number of nitrogens with one attached hydrogen (secondary N) is 1. The largest absolute Gasteiger partial charge is 0.317 e. The Labute approximate surface area is 121 Å². The predicted octanol–water partition coefficient (Wildman–Crippen LogP) is 2.74. The Hall–Kier alpha value is -1.35. The molecule has 0 atom stereocenters. The highest BCUT2D eigenvalue weighted by Crippen LogP contribution is 2.28. The van der Waals surface area contributed by atoms with Gasteiger partial charge in [-0.3, -0.25) is 0 Å². The quantitative estimate of drug-likeness (QED) is 0.852. The van der Waals surface area contributed by atoms with Crippen LogP contribution in [0.1, 0.15) is 44.0 Å². The molecule has 1 fully saturated rings. The van der Waals surface area contributed by atoms with E-state index in [1.807, 2.05) is 0 Å². The molecule has 0 bridgehead atoms. The third-order valence-corrected chi connectivity index (χ3v) is 4.81. The van der Waals surface area contributed by atoms with Gasteiger partial charge >= 0.3 is 0 Å². The van der Waals surface area contributed by atoms with Crippen LogP contribution in [0, 0.1) is 6.92 Å². The average Bonchev–Trinajstić information content (AvgIpc) is 2.78. The van der Waals surface area contributed by atoms with E-state index in [4.69, 9.17) is 0 Å². The minimum absolute atomic E-state index is 0.733. The summed E-state index contributed by atoms with van der Waals surface area (Å²) in [4.78, 5) is 0. The second-order valence-corrected chi connectivity index (χ2v) is 5.81. The van der Waals surface area contributed by atoms with Crippen molar-refractivity contribution in [2.24, 2.45) is 0 Å². The average molecular weight is 272 g/mol. The second-order valence-electron chi connectivity index (χ2n) is 5.81. The van der Waals surface area contributed by atoms with E-state index in [0.717, 1.165) is 32.1 Å². The molecule has 0 aliphatic carbocycles. The zero-order chi connectivity index (χ0) is 14.1. The second kappa shape index (κ2) is 5.57. The van der Waals surface area contributed by atoms with E-state index in [2.05, 4.69) is 53.4 Å². The van der Waals surface area contributed by atoms with E-state index in [9.17, 15) is 0 Å². The Kier molecular flexibility index (Phi) is 3.79. The van der Waals surface area contributed by atoms with Gasteiger partial charge < -0.3 is 5.32 Å². The monoisotopic (exact) mass is 272 g/mol. The summed E-state index contributed by atoms with van der Waals surface area (Å²) in [7, 11) is 0. The lowest BCUT2D eigenvalue weighted by molar-refractivity contribution is -0.674. The van der Waals surface area contributed by atoms with E-state index in [1.165, 1.54) is 35.3 Å². The molecular formula is C17H26N3+. The predicted molar refractivity (Wildman–Crippen MR) is 83.1 cm³/mol. The molecule has 1 aliphatic rings. The van der Waals surface area contributed by atoms with Gasteiger partial charge in [0.25, 0.3) is 5.82 Å². The van der Waals surface area contributed by atoms with Crippen molar-refractivity contribution < 1.29 is 4.57 Å². The SMILES string of the molecule is CCn1c(C)[n+](CC)c2ccc(C3CCNCC3)cc21. The molecule has 0 radical (unpaired) electrons. The van der Waals surface area contributed by atoms with Crippen molar-refractivity contribution >= 4 is 11.0 Å². The Bertz CT molecular complexity index is 606. The molecule has 2 heterocycles. The Morgan fingerprint density at radius 1 is 1.25 bits per heavy atom. The third-order valence-electron chi connectivity index (χ3n) is 4.81. The van der Waals surface area contributed by atoms with Crippen molar-refractivity contribution in [3.05, 3.63) is 29.6 Å². The maximum atomic E-state index is 3.46. The van der Waals surface area contributed by atoms with Crippen molar-refractivity contribution in [2.45, 2.75) is 52.6 Å². The van der Waals surface area contributed by atoms with Crippen LogP contribution in [0.15, 0.2) is 18.2 Å². The number of hydrogen-bond donors (Lipinski definition) is 1. The third kappa shape index (κ3) is 2.14. The van der Waals surface area contributed by atoms with Gasteiger partial charge in [-0.15, -0.1) is 0 Å². The maximum Gasteiger partial charge on any atom is 0.254 e. The van der Waals surface area contributed by atoms with Gasteiger partial charge in [0.15, 0.2) is 11.0 Å². The number of aryl methyl sites for hydroxylation is 2. The minimum Gasteiger partial charge on any atom is -0.317 e. The summed E-state index contributed by atoms with van der Waals surface area (Å²) >= 11 is 0. The Balaban J connectivity index is 2.10. The molecule has 0 saturated carbocycles. The highest BCUT2D eigenvalue weighted by Gasteiger charge is 2.22. The fourth-order valence-electron chi connectivity index (χ4n) is 3.69. The summed E-state index contributed by atoms with van der Waals surface area (Å²) < 4.78 is 4.87. The molecule has 3 nitrogen and oxygen atoms in total. The van der Waals surface area contributed by atoms with E-state index in [0.29, 0.717) is 0 Å². The highest BCUT2D eigenvalue weighted by molar-refractivity contribution is 5.73. The lowest BCUT2D eigenvalue weighted by Gasteiger charge is -2.22. The van der Waals surface area contributed by atoms with Crippen molar-refractivity contribution in [1.29, 1.82) is 0 Å². The first-order valence-electron chi connectivity index (χ1n) is 7.99. The van der Waals surface area contributed by atoms with Crippen molar-refractivity contribution in [2.75, 3.05) is 13.1 Å². The van der Waals surface area contributed by atoms with Gasteiger partial charge in [0.1, 0.15) is 0 Å². The number of fused-ring (bicyclic) bond motifs is 1. The van der Waals surface area contributed by atoms with E-state index in [-0.39, 0.29) is 0 Å². The molecule has 3 rings (SSSR count). The Morgan fingerprint density at radius 2 is 2.00 bits per heavy atom. The molecule has 2 aromatic rings. The van der Waals surface area contributed by atoms with Crippen LogP contribution in [0.5, 0.6) is 0 Å². The first-order valence-corrected chi connectivity index (χ1v) is 7.99. The van der Waals surface area contributed by atoms with Gasteiger partial charge in [-0.2, -0.15) is 0 Å². The topological polar surface area (TPSA) is 20.8 Å². The van der Waals surface area contributed by atoms with E-state index < -0.39 is 0 Å². The van der Waals surface area contributed by atoms with Gasteiger partial charge in [0, 0.05) is 6.92 Å². The first-order chi connectivity index (χ1) is 9.76. The number of aromatic nitrogens is 2. The van der Waals surface area contributed by atoms with Gasteiger partial charge in [0.2, 0.25) is 0 Å². The number of rotatable bonds is 3. The standard InChI is InChI=1S/C17H26N3/c1-4-19-13(3)20(5-2)17-12-15(6-7-16(17)19)14-8-10-18-11-9-14/h6-7,12,14,18H,4-5,8-11H2,1-3H3/q+1. The van der Waals surface area contributed by atoms with Gasteiger partial charge in [0.05, 0.1) is 13.1 Å². The molecule has 1 aromatic heterocycles. The first kappa shape index (κ1) is 13.6. The summed E-state index contributed by atoms with van der Waals surface area (Å²) in [5.74, 6) is 2.10. The van der Waals surface area contributed by atoms with Crippen LogP contribution < -0.4 is 9.88 Å². The number of benzene rings is 1. The van der Waals surface area contributed by atoms with Crippen LogP contribution in [0.25, 0.3) is 11.0 Å². The van der Waals surface area contributed by atoms with E-state index in [1.54, 1.807) is 0 Å². The molecule has 1 N–H and O–H groups in total. The molecule has 3 heteroatoms.